The van der Waals surface area contributed by atoms with Gasteiger partial charge >= 0.3 is 0 Å². The molecule has 0 amide bonds. The van der Waals surface area contributed by atoms with Gasteiger partial charge in [-0.05, 0) is 17.0 Å². The summed E-state index contributed by atoms with van der Waals surface area (Å²) >= 11 is 0. The molecule has 134 valence electrons. The zero-order chi connectivity index (χ0) is 18.7. The van der Waals surface area contributed by atoms with Crippen LogP contribution in [0.25, 0.3) is 11.3 Å². The fraction of sp³-hybridized carbons (Fsp3) is 0.238. The number of nitrogen functional groups attached to an aromatic ring is 1. The van der Waals surface area contributed by atoms with E-state index in [1.165, 1.54) is 12.4 Å². The molecule has 0 atom stereocenters. The second kappa shape index (κ2) is 7.12. The molecule has 2 aromatic carbocycles. The molecule has 0 unspecified atom stereocenters. The smallest absolute Gasteiger partial charge is 0.174 e. The Balaban J connectivity index is 2.03. The highest BCUT2D eigenvalue weighted by atomic mass is 19.1. The Labute approximate surface area is 152 Å². The lowest BCUT2D eigenvalue weighted by atomic mass is 9.85. The lowest BCUT2D eigenvalue weighted by Gasteiger charge is -2.24. The molecule has 1 aromatic heterocycles. The Morgan fingerprint density at radius 3 is 2.35 bits per heavy atom. The number of nitrogens with two attached hydrogens (primary N) is 1. The van der Waals surface area contributed by atoms with Gasteiger partial charge in [0.05, 0.1) is 18.1 Å². The van der Waals surface area contributed by atoms with Crippen molar-refractivity contribution in [2.75, 3.05) is 5.73 Å². The van der Waals surface area contributed by atoms with Gasteiger partial charge in [-0.25, -0.2) is 9.37 Å². The molecule has 5 heteroatoms. The van der Waals surface area contributed by atoms with Crippen LogP contribution in [0.3, 0.4) is 0 Å². The summed E-state index contributed by atoms with van der Waals surface area (Å²) < 4.78 is 21.2. The minimum atomic E-state index is -0.438. The highest BCUT2D eigenvalue weighted by Crippen LogP contribution is 2.38. The normalized spacial score (nSPS) is 11.4. The molecule has 2 N–H and O–H groups in total. The summed E-state index contributed by atoms with van der Waals surface area (Å²) in [6, 6.07) is 13.3. The third-order valence-electron chi connectivity index (χ3n) is 4.08. The fourth-order valence-corrected chi connectivity index (χ4v) is 2.69. The average molecular weight is 351 g/mol. The van der Waals surface area contributed by atoms with E-state index in [1.54, 1.807) is 6.07 Å². The highest BCUT2D eigenvalue weighted by Gasteiger charge is 2.25. The predicted octanol–water partition coefficient (Wildman–Crippen LogP) is 4.74. The minimum absolute atomic E-state index is 0.248. The molecule has 0 bridgehead atoms. The number of aromatic nitrogens is 2. The van der Waals surface area contributed by atoms with E-state index in [4.69, 9.17) is 10.5 Å². The van der Waals surface area contributed by atoms with Crippen LogP contribution in [-0.2, 0) is 12.0 Å². The zero-order valence-corrected chi connectivity index (χ0v) is 15.2. The number of ether oxygens (including phenoxy) is 1. The van der Waals surface area contributed by atoms with Crippen LogP contribution >= 0.6 is 0 Å². The number of anilines is 1. The highest BCUT2D eigenvalue weighted by molar-refractivity contribution is 5.64. The monoisotopic (exact) mass is 351 g/mol. The van der Waals surface area contributed by atoms with Gasteiger partial charge < -0.3 is 10.5 Å². The summed E-state index contributed by atoms with van der Waals surface area (Å²) in [6.07, 6.45) is 2.88. The number of nitrogens with zero attached hydrogens (tertiary/aromatic N) is 2. The fourth-order valence-electron chi connectivity index (χ4n) is 2.69. The van der Waals surface area contributed by atoms with Crippen LogP contribution in [0.4, 0.5) is 10.2 Å². The van der Waals surface area contributed by atoms with Crippen molar-refractivity contribution in [3.05, 3.63) is 71.8 Å². The van der Waals surface area contributed by atoms with E-state index in [9.17, 15) is 0 Å². The molecule has 3 aromatic rings. The van der Waals surface area contributed by atoms with Gasteiger partial charge in [-0.15, -0.1) is 0 Å². The van der Waals surface area contributed by atoms with E-state index >= 15 is 4.39 Å². The second-order valence-corrected chi connectivity index (χ2v) is 7.15. The van der Waals surface area contributed by atoms with Crippen molar-refractivity contribution in [2.45, 2.75) is 32.8 Å². The van der Waals surface area contributed by atoms with Crippen LogP contribution in [0.1, 0.15) is 31.9 Å². The van der Waals surface area contributed by atoms with Crippen LogP contribution < -0.4 is 10.5 Å². The second-order valence-electron chi connectivity index (χ2n) is 7.15. The molecule has 4 nitrogen and oxygen atoms in total. The average Bonchev–Trinajstić information content (AvgIpc) is 2.61. The quantitative estimate of drug-likeness (QED) is 0.737. The maximum Gasteiger partial charge on any atom is 0.174 e. The van der Waals surface area contributed by atoms with Crippen molar-refractivity contribution in [1.82, 2.24) is 9.97 Å². The van der Waals surface area contributed by atoms with Gasteiger partial charge in [-0.2, -0.15) is 0 Å². The maximum absolute atomic E-state index is 15.3. The van der Waals surface area contributed by atoms with E-state index in [1.807, 2.05) is 57.2 Å². The summed E-state index contributed by atoms with van der Waals surface area (Å²) in [4.78, 5) is 8.18. The molecular formula is C21H22FN3O. The van der Waals surface area contributed by atoms with Gasteiger partial charge in [-0.3, -0.25) is 4.98 Å². The Morgan fingerprint density at radius 2 is 1.73 bits per heavy atom. The molecule has 1 heterocycles. The van der Waals surface area contributed by atoms with Crippen molar-refractivity contribution < 1.29 is 9.13 Å². The van der Waals surface area contributed by atoms with Crippen molar-refractivity contribution >= 4 is 5.82 Å². The lowest BCUT2D eigenvalue weighted by molar-refractivity contribution is 0.282. The van der Waals surface area contributed by atoms with Gasteiger partial charge in [0.25, 0.3) is 0 Å². The van der Waals surface area contributed by atoms with E-state index in [0.717, 1.165) is 11.1 Å². The van der Waals surface area contributed by atoms with Gasteiger partial charge in [0, 0.05) is 11.1 Å². The van der Waals surface area contributed by atoms with E-state index in [0.29, 0.717) is 17.1 Å². The van der Waals surface area contributed by atoms with Gasteiger partial charge in [0.15, 0.2) is 11.6 Å². The zero-order valence-electron chi connectivity index (χ0n) is 15.2. The minimum Gasteiger partial charge on any atom is -0.485 e. The molecule has 0 aliphatic rings. The summed E-state index contributed by atoms with van der Waals surface area (Å²) in [7, 11) is 0. The maximum atomic E-state index is 15.3. The van der Waals surface area contributed by atoms with Crippen molar-refractivity contribution in [1.29, 1.82) is 0 Å². The molecule has 0 saturated heterocycles. The number of hydrogen-bond acceptors (Lipinski definition) is 4. The van der Waals surface area contributed by atoms with E-state index < -0.39 is 5.82 Å². The van der Waals surface area contributed by atoms with Crippen LogP contribution in [-0.4, -0.2) is 9.97 Å². The first-order valence-electron chi connectivity index (χ1n) is 8.44. The largest absolute Gasteiger partial charge is 0.485 e. The topological polar surface area (TPSA) is 61.0 Å². The first-order valence-corrected chi connectivity index (χ1v) is 8.44. The van der Waals surface area contributed by atoms with E-state index in [-0.39, 0.29) is 17.8 Å². The van der Waals surface area contributed by atoms with Gasteiger partial charge in [0.1, 0.15) is 12.4 Å². The molecule has 0 aliphatic heterocycles. The molecule has 26 heavy (non-hydrogen) atoms. The van der Waals surface area contributed by atoms with E-state index in [2.05, 4.69) is 9.97 Å². The van der Waals surface area contributed by atoms with Crippen LogP contribution in [0.2, 0.25) is 0 Å². The summed E-state index contributed by atoms with van der Waals surface area (Å²) in [5.74, 6) is 0.103. The standard InChI is InChI=1S/C21H22FN3O/c1-21(2,3)16-10-9-15(17-11-25-18(23)12-24-17)19(22)20(16)26-13-14-7-5-4-6-8-14/h4-12H,13H2,1-3H3,(H2,23,25). The summed E-state index contributed by atoms with van der Waals surface area (Å²) in [5, 5.41) is 0. The third-order valence-corrected chi connectivity index (χ3v) is 4.08. The predicted molar refractivity (Wildman–Crippen MR) is 101 cm³/mol. The van der Waals surface area contributed by atoms with Gasteiger partial charge in [0.2, 0.25) is 0 Å². The first-order chi connectivity index (χ1) is 12.4. The molecule has 3 rings (SSSR count). The first kappa shape index (κ1) is 17.9. The molecular weight excluding hydrogens is 329 g/mol. The van der Waals surface area contributed by atoms with Crippen molar-refractivity contribution in [3.63, 3.8) is 0 Å². The number of benzene rings is 2. The summed E-state index contributed by atoms with van der Waals surface area (Å²) in [5.41, 5.74) is 7.85. The summed E-state index contributed by atoms with van der Waals surface area (Å²) in [6.45, 7) is 6.37. The Kier molecular flexibility index (Phi) is 4.89. The third kappa shape index (κ3) is 3.82. The number of rotatable bonds is 4. The molecule has 0 saturated carbocycles. The Morgan fingerprint density at radius 1 is 1.00 bits per heavy atom. The van der Waals surface area contributed by atoms with Crippen molar-refractivity contribution in [3.8, 4) is 17.0 Å². The van der Waals surface area contributed by atoms with Crippen LogP contribution in [0.15, 0.2) is 54.9 Å². The Bertz CT molecular complexity index is 888. The number of hydrogen-bond donors (Lipinski definition) is 1. The SMILES string of the molecule is CC(C)(C)c1ccc(-c2cnc(N)cn2)c(F)c1OCc1ccccc1. The molecule has 0 fully saturated rings. The number of halogens is 1. The lowest BCUT2D eigenvalue weighted by Crippen LogP contribution is -2.15. The van der Waals surface area contributed by atoms with Crippen LogP contribution in [0.5, 0.6) is 5.75 Å². The molecule has 0 radical (unpaired) electrons. The van der Waals surface area contributed by atoms with Crippen molar-refractivity contribution in [2.24, 2.45) is 0 Å². The van der Waals surface area contributed by atoms with Crippen LogP contribution in [0, 0.1) is 5.82 Å². The Hall–Kier alpha value is -2.95. The van der Waals surface area contributed by atoms with Gasteiger partial charge in [-0.1, -0.05) is 57.2 Å². The molecule has 0 aliphatic carbocycles. The molecule has 0 spiro atoms.